The van der Waals surface area contributed by atoms with Gasteiger partial charge in [0.05, 0.1) is 6.67 Å². The lowest BCUT2D eigenvalue weighted by atomic mass is 9.83. The molecule has 2 aromatic carbocycles. The van der Waals surface area contributed by atoms with Crippen LogP contribution in [-0.4, -0.2) is 13.2 Å². The summed E-state index contributed by atoms with van der Waals surface area (Å²) in [5.41, 5.74) is 6.75. The minimum atomic E-state index is 0.786. The summed E-state index contributed by atoms with van der Waals surface area (Å²) in [5, 5.41) is 6.58. The molecule has 1 fully saturated rings. The van der Waals surface area contributed by atoms with Crippen molar-refractivity contribution in [1.29, 1.82) is 0 Å². The van der Waals surface area contributed by atoms with Crippen LogP contribution < -0.4 is 10.6 Å². The van der Waals surface area contributed by atoms with Crippen molar-refractivity contribution in [1.82, 2.24) is 10.6 Å². The highest BCUT2D eigenvalue weighted by Gasteiger charge is 2.15. The normalized spacial score (nSPS) is 18.8. The Morgan fingerprint density at radius 3 is 1.96 bits per heavy atom. The highest BCUT2D eigenvalue weighted by Crippen LogP contribution is 2.33. The van der Waals surface area contributed by atoms with Crippen LogP contribution >= 0.6 is 0 Å². The van der Waals surface area contributed by atoms with Gasteiger partial charge in [-0.25, -0.2) is 0 Å². The van der Waals surface area contributed by atoms with E-state index >= 15 is 0 Å². The van der Waals surface area contributed by atoms with Gasteiger partial charge in [0, 0.05) is 12.7 Å². The number of rotatable bonds is 3. The summed E-state index contributed by atoms with van der Waals surface area (Å²) in [4.78, 5) is 0. The Labute approximate surface area is 145 Å². The molecule has 0 radical (unpaired) electrons. The molecule has 0 unspecified atom stereocenters. The molecule has 0 amide bonds. The molecule has 1 aliphatic heterocycles. The molecule has 1 aliphatic carbocycles. The van der Waals surface area contributed by atoms with Crippen LogP contribution in [0.5, 0.6) is 0 Å². The smallest absolute Gasteiger partial charge is 0.0650 e. The second kappa shape index (κ2) is 7.23. The number of nitrogens with one attached hydrogen (secondary N) is 2. The topological polar surface area (TPSA) is 24.1 Å². The lowest BCUT2D eigenvalue weighted by molar-refractivity contribution is 0.443. The van der Waals surface area contributed by atoms with E-state index < -0.39 is 0 Å². The van der Waals surface area contributed by atoms with Gasteiger partial charge in [-0.1, -0.05) is 67.8 Å². The summed E-state index contributed by atoms with van der Waals surface area (Å²) in [6, 6.07) is 18.2. The zero-order valence-electron chi connectivity index (χ0n) is 14.2. The van der Waals surface area contributed by atoms with Crippen LogP contribution in [0.15, 0.2) is 54.7 Å². The molecule has 0 spiro atoms. The van der Waals surface area contributed by atoms with Gasteiger partial charge in [0.1, 0.15) is 0 Å². The highest BCUT2D eigenvalue weighted by atomic mass is 15.1. The van der Waals surface area contributed by atoms with E-state index in [1.54, 1.807) is 0 Å². The largest absolute Gasteiger partial charge is 0.378 e. The highest BCUT2D eigenvalue weighted by molar-refractivity contribution is 5.71. The fourth-order valence-corrected chi connectivity index (χ4v) is 3.94. The van der Waals surface area contributed by atoms with Crippen LogP contribution in [0.1, 0.15) is 49.1 Å². The molecule has 1 heterocycles. The summed E-state index contributed by atoms with van der Waals surface area (Å²) in [6.45, 7) is 1.79. The SMILES string of the molecule is C1=C(c2ccc(-c3ccc(C4CCCCC4)cc3)cc2)CNCN1. The minimum absolute atomic E-state index is 0.786. The van der Waals surface area contributed by atoms with E-state index in [2.05, 4.69) is 65.4 Å². The first-order valence-electron chi connectivity index (χ1n) is 9.24. The molecule has 0 aromatic heterocycles. The third-order valence-corrected chi connectivity index (χ3v) is 5.40. The van der Waals surface area contributed by atoms with E-state index in [1.807, 2.05) is 0 Å². The predicted molar refractivity (Wildman–Crippen MR) is 102 cm³/mol. The fraction of sp³-hybridized carbons (Fsp3) is 0.364. The molecule has 2 aliphatic rings. The maximum absolute atomic E-state index is 3.34. The molecule has 1 saturated carbocycles. The third-order valence-electron chi connectivity index (χ3n) is 5.40. The number of hydrogen-bond donors (Lipinski definition) is 2. The molecule has 24 heavy (non-hydrogen) atoms. The van der Waals surface area contributed by atoms with Gasteiger partial charge in [-0.3, -0.25) is 5.32 Å². The van der Waals surface area contributed by atoms with Gasteiger partial charge in [-0.2, -0.15) is 0 Å². The van der Waals surface area contributed by atoms with Crippen molar-refractivity contribution in [3.05, 3.63) is 65.9 Å². The quantitative estimate of drug-likeness (QED) is 0.841. The van der Waals surface area contributed by atoms with Crippen LogP contribution in [0.25, 0.3) is 16.7 Å². The Kier molecular flexibility index (Phi) is 4.66. The van der Waals surface area contributed by atoms with Gasteiger partial charge in [0.25, 0.3) is 0 Å². The number of benzene rings is 2. The number of hydrogen-bond acceptors (Lipinski definition) is 2. The van der Waals surface area contributed by atoms with Crippen LogP contribution in [-0.2, 0) is 0 Å². The van der Waals surface area contributed by atoms with Gasteiger partial charge in [0.2, 0.25) is 0 Å². The monoisotopic (exact) mass is 318 g/mol. The zero-order chi connectivity index (χ0) is 16.2. The summed E-state index contributed by atoms with van der Waals surface area (Å²) in [6.07, 6.45) is 9.06. The average molecular weight is 318 g/mol. The first kappa shape index (κ1) is 15.5. The van der Waals surface area contributed by atoms with E-state index in [9.17, 15) is 0 Å². The molecular formula is C22H26N2. The van der Waals surface area contributed by atoms with Gasteiger partial charge in [-0.15, -0.1) is 0 Å². The van der Waals surface area contributed by atoms with E-state index in [0.29, 0.717) is 0 Å². The van der Waals surface area contributed by atoms with Gasteiger partial charge < -0.3 is 5.32 Å². The Morgan fingerprint density at radius 2 is 1.33 bits per heavy atom. The first-order valence-corrected chi connectivity index (χ1v) is 9.24. The fourth-order valence-electron chi connectivity index (χ4n) is 3.94. The van der Waals surface area contributed by atoms with Gasteiger partial charge >= 0.3 is 0 Å². The Morgan fingerprint density at radius 1 is 0.708 bits per heavy atom. The van der Waals surface area contributed by atoms with Crippen molar-refractivity contribution in [2.24, 2.45) is 0 Å². The van der Waals surface area contributed by atoms with E-state index in [4.69, 9.17) is 0 Å². The molecular weight excluding hydrogens is 292 g/mol. The van der Waals surface area contributed by atoms with Crippen LogP contribution in [0, 0.1) is 0 Å². The molecule has 0 saturated heterocycles. The van der Waals surface area contributed by atoms with Crippen molar-refractivity contribution in [2.75, 3.05) is 13.2 Å². The van der Waals surface area contributed by atoms with Crippen molar-refractivity contribution < 1.29 is 0 Å². The summed E-state index contributed by atoms with van der Waals surface area (Å²) >= 11 is 0. The predicted octanol–water partition coefficient (Wildman–Crippen LogP) is 4.89. The first-order chi connectivity index (χ1) is 11.9. The zero-order valence-corrected chi connectivity index (χ0v) is 14.2. The van der Waals surface area contributed by atoms with Crippen molar-refractivity contribution in [3.8, 4) is 11.1 Å². The molecule has 2 heteroatoms. The molecule has 2 aromatic rings. The molecule has 4 rings (SSSR count). The maximum atomic E-state index is 3.34. The second-order valence-corrected chi connectivity index (χ2v) is 7.01. The van der Waals surface area contributed by atoms with Crippen molar-refractivity contribution in [3.63, 3.8) is 0 Å². The van der Waals surface area contributed by atoms with Crippen LogP contribution in [0.2, 0.25) is 0 Å². The van der Waals surface area contributed by atoms with Gasteiger partial charge in [0.15, 0.2) is 0 Å². The standard InChI is InChI=1S/C22H26N2/c1-2-4-17(5-3-1)18-6-8-19(9-7-18)20-10-12-21(13-11-20)22-14-23-16-24-15-22/h6-14,17,23-24H,1-5,15-16H2. The molecule has 2 nitrogen and oxygen atoms in total. The van der Waals surface area contributed by atoms with Crippen molar-refractivity contribution in [2.45, 2.75) is 38.0 Å². The Balaban J connectivity index is 1.50. The maximum Gasteiger partial charge on any atom is 0.0650 e. The van der Waals surface area contributed by atoms with E-state index in [0.717, 1.165) is 19.1 Å². The molecule has 0 atom stereocenters. The summed E-state index contributed by atoms with van der Waals surface area (Å²) in [5.74, 6) is 0.786. The van der Waals surface area contributed by atoms with E-state index in [-0.39, 0.29) is 0 Å². The molecule has 124 valence electrons. The molecule has 0 bridgehead atoms. The second-order valence-electron chi connectivity index (χ2n) is 7.01. The Bertz CT molecular complexity index is 692. The van der Waals surface area contributed by atoms with Crippen LogP contribution in [0.4, 0.5) is 0 Å². The van der Waals surface area contributed by atoms with E-state index in [1.165, 1.54) is 59.9 Å². The summed E-state index contributed by atoms with van der Waals surface area (Å²) < 4.78 is 0. The lowest BCUT2D eigenvalue weighted by Crippen LogP contribution is -2.31. The molecule has 2 N–H and O–H groups in total. The van der Waals surface area contributed by atoms with Crippen LogP contribution in [0.3, 0.4) is 0 Å². The average Bonchev–Trinajstić information content (AvgIpc) is 2.70. The Hall–Kier alpha value is -2.06. The van der Waals surface area contributed by atoms with Crippen molar-refractivity contribution >= 4 is 5.57 Å². The third kappa shape index (κ3) is 3.39. The van der Waals surface area contributed by atoms with Gasteiger partial charge in [-0.05, 0) is 46.6 Å². The minimum Gasteiger partial charge on any atom is -0.378 e. The lowest BCUT2D eigenvalue weighted by Gasteiger charge is -2.22. The summed E-state index contributed by atoms with van der Waals surface area (Å²) in [7, 11) is 0.